The maximum absolute atomic E-state index is 12.3. The summed E-state index contributed by atoms with van der Waals surface area (Å²) in [7, 11) is 1.65. The van der Waals surface area contributed by atoms with Crippen LogP contribution in [0, 0.1) is 0 Å². The minimum absolute atomic E-state index is 0.164. The van der Waals surface area contributed by atoms with Crippen LogP contribution in [0.2, 0.25) is 0 Å². The van der Waals surface area contributed by atoms with Crippen LogP contribution < -0.4 is 15.0 Å². The Hall–Kier alpha value is -3.34. The SMILES string of the molecule is CCN(c1ccccc1)c1ccc(C(=O)NCCc2ccc(OC)cc2)nc1. The Labute approximate surface area is 166 Å². The summed E-state index contributed by atoms with van der Waals surface area (Å²) >= 11 is 0. The largest absolute Gasteiger partial charge is 0.497 e. The number of pyridine rings is 1. The van der Waals surface area contributed by atoms with Crippen molar-refractivity contribution in [1.29, 1.82) is 0 Å². The Balaban J connectivity index is 1.57. The van der Waals surface area contributed by atoms with Gasteiger partial charge in [0.1, 0.15) is 11.4 Å². The van der Waals surface area contributed by atoms with Gasteiger partial charge >= 0.3 is 0 Å². The van der Waals surface area contributed by atoms with Crippen LogP contribution in [0.25, 0.3) is 0 Å². The fourth-order valence-corrected chi connectivity index (χ4v) is 3.01. The van der Waals surface area contributed by atoms with E-state index in [0.29, 0.717) is 12.2 Å². The molecule has 0 aliphatic heterocycles. The van der Waals surface area contributed by atoms with E-state index in [1.165, 1.54) is 0 Å². The molecule has 0 aliphatic carbocycles. The van der Waals surface area contributed by atoms with Gasteiger partial charge in [-0.05, 0) is 55.3 Å². The zero-order valence-electron chi connectivity index (χ0n) is 16.3. The van der Waals surface area contributed by atoms with Crippen LogP contribution >= 0.6 is 0 Å². The molecule has 5 heteroatoms. The molecule has 3 rings (SSSR count). The Morgan fingerprint density at radius 2 is 1.75 bits per heavy atom. The summed E-state index contributed by atoms with van der Waals surface area (Å²) in [5, 5.41) is 2.92. The van der Waals surface area contributed by atoms with Gasteiger partial charge in [0.25, 0.3) is 5.91 Å². The Morgan fingerprint density at radius 3 is 2.36 bits per heavy atom. The number of anilines is 2. The van der Waals surface area contributed by atoms with Crippen LogP contribution in [0.1, 0.15) is 23.0 Å². The van der Waals surface area contributed by atoms with Crippen LogP contribution in [0.4, 0.5) is 11.4 Å². The average Bonchev–Trinajstić information content (AvgIpc) is 2.76. The van der Waals surface area contributed by atoms with Crippen molar-refractivity contribution in [3.8, 4) is 5.75 Å². The number of hydrogen-bond donors (Lipinski definition) is 1. The van der Waals surface area contributed by atoms with Crippen LogP contribution in [0.15, 0.2) is 72.9 Å². The van der Waals surface area contributed by atoms with Gasteiger partial charge in [0, 0.05) is 18.8 Å². The number of carbonyl (C=O) groups excluding carboxylic acids is 1. The summed E-state index contributed by atoms with van der Waals surface area (Å²) in [4.78, 5) is 18.9. The number of hydrogen-bond acceptors (Lipinski definition) is 4. The van der Waals surface area contributed by atoms with Crippen molar-refractivity contribution in [2.75, 3.05) is 25.1 Å². The molecular weight excluding hydrogens is 350 g/mol. The highest BCUT2D eigenvalue weighted by atomic mass is 16.5. The first-order chi connectivity index (χ1) is 13.7. The van der Waals surface area contributed by atoms with Crippen LogP contribution in [-0.2, 0) is 6.42 Å². The quantitative estimate of drug-likeness (QED) is 0.640. The summed E-state index contributed by atoms with van der Waals surface area (Å²) in [5.41, 5.74) is 3.63. The molecule has 1 N–H and O–H groups in total. The first-order valence-electron chi connectivity index (χ1n) is 9.41. The number of aromatic nitrogens is 1. The molecule has 0 fully saturated rings. The first kappa shape index (κ1) is 19.4. The Kier molecular flexibility index (Phi) is 6.63. The third-order valence-corrected chi connectivity index (χ3v) is 4.53. The number of para-hydroxylation sites is 1. The maximum Gasteiger partial charge on any atom is 0.269 e. The number of ether oxygens (including phenoxy) is 1. The lowest BCUT2D eigenvalue weighted by molar-refractivity contribution is 0.0949. The molecule has 0 aliphatic rings. The lowest BCUT2D eigenvalue weighted by Gasteiger charge is -2.22. The van der Waals surface area contributed by atoms with Gasteiger partial charge in [-0.1, -0.05) is 30.3 Å². The monoisotopic (exact) mass is 375 g/mol. The van der Waals surface area contributed by atoms with Gasteiger partial charge in [-0.15, -0.1) is 0 Å². The van der Waals surface area contributed by atoms with Crippen molar-refractivity contribution in [2.45, 2.75) is 13.3 Å². The molecule has 0 radical (unpaired) electrons. The van der Waals surface area contributed by atoms with Gasteiger partial charge in [-0.2, -0.15) is 0 Å². The predicted octanol–water partition coefficient (Wildman–Crippen LogP) is 4.22. The molecule has 28 heavy (non-hydrogen) atoms. The van der Waals surface area contributed by atoms with Gasteiger partial charge < -0.3 is 15.0 Å². The number of benzene rings is 2. The molecule has 1 heterocycles. The zero-order chi connectivity index (χ0) is 19.8. The van der Waals surface area contributed by atoms with Gasteiger partial charge in [-0.3, -0.25) is 4.79 Å². The number of methoxy groups -OCH3 is 1. The predicted molar refractivity (Wildman–Crippen MR) is 112 cm³/mol. The summed E-state index contributed by atoms with van der Waals surface area (Å²) in [6.07, 6.45) is 2.50. The van der Waals surface area contributed by atoms with Gasteiger partial charge in [0.15, 0.2) is 0 Å². The standard InChI is InChI=1S/C23H25N3O2/c1-3-26(19-7-5-4-6-8-19)20-11-14-22(25-17-20)23(27)24-16-15-18-9-12-21(28-2)13-10-18/h4-14,17H,3,15-16H2,1-2H3,(H,24,27). The molecule has 2 aromatic carbocycles. The lowest BCUT2D eigenvalue weighted by Crippen LogP contribution is -2.26. The third kappa shape index (κ3) is 4.88. The highest BCUT2D eigenvalue weighted by Crippen LogP contribution is 2.24. The topological polar surface area (TPSA) is 54.5 Å². The normalized spacial score (nSPS) is 10.4. The van der Waals surface area contributed by atoms with E-state index in [-0.39, 0.29) is 5.91 Å². The Bertz CT molecular complexity index is 878. The number of rotatable bonds is 8. The van der Waals surface area contributed by atoms with Gasteiger partial charge in [0.05, 0.1) is 19.0 Å². The first-order valence-corrected chi connectivity index (χ1v) is 9.41. The average molecular weight is 375 g/mol. The van der Waals surface area contributed by atoms with E-state index in [4.69, 9.17) is 4.74 Å². The second-order valence-corrected chi connectivity index (χ2v) is 6.34. The van der Waals surface area contributed by atoms with E-state index in [1.54, 1.807) is 19.4 Å². The molecule has 1 aromatic heterocycles. The summed E-state index contributed by atoms with van der Waals surface area (Å²) in [6.45, 7) is 3.46. The van der Waals surface area contributed by atoms with E-state index in [0.717, 1.165) is 35.7 Å². The smallest absolute Gasteiger partial charge is 0.269 e. The minimum atomic E-state index is -0.164. The maximum atomic E-state index is 12.3. The molecule has 0 atom stereocenters. The fourth-order valence-electron chi connectivity index (χ4n) is 3.01. The van der Waals surface area contributed by atoms with E-state index in [2.05, 4.69) is 34.3 Å². The Morgan fingerprint density at radius 1 is 1.00 bits per heavy atom. The van der Waals surface area contributed by atoms with Crippen molar-refractivity contribution < 1.29 is 9.53 Å². The molecule has 0 bridgehead atoms. The third-order valence-electron chi connectivity index (χ3n) is 4.53. The summed E-state index contributed by atoms with van der Waals surface area (Å²) in [6, 6.07) is 21.7. The number of amides is 1. The molecule has 0 saturated carbocycles. The van der Waals surface area contributed by atoms with E-state index in [9.17, 15) is 4.79 Å². The van der Waals surface area contributed by atoms with Gasteiger partial charge in [0.2, 0.25) is 0 Å². The lowest BCUT2D eigenvalue weighted by atomic mass is 10.1. The van der Waals surface area contributed by atoms with Crippen LogP contribution in [-0.4, -0.2) is 31.1 Å². The summed E-state index contributed by atoms with van der Waals surface area (Å²) < 4.78 is 5.15. The molecule has 5 nitrogen and oxygen atoms in total. The minimum Gasteiger partial charge on any atom is -0.497 e. The van der Waals surface area contributed by atoms with E-state index < -0.39 is 0 Å². The second kappa shape index (κ2) is 9.55. The highest BCUT2D eigenvalue weighted by Gasteiger charge is 2.10. The van der Waals surface area contributed by atoms with Crippen LogP contribution in [0.5, 0.6) is 5.75 Å². The molecule has 144 valence electrons. The van der Waals surface area contributed by atoms with Crippen molar-refractivity contribution in [3.63, 3.8) is 0 Å². The van der Waals surface area contributed by atoms with Crippen molar-refractivity contribution in [1.82, 2.24) is 10.3 Å². The molecule has 0 saturated heterocycles. The summed E-state index contributed by atoms with van der Waals surface area (Å²) in [5.74, 6) is 0.663. The van der Waals surface area contributed by atoms with Crippen molar-refractivity contribution >= 4 is 17.3 Å². The molecule has 1 amide bonds. The number of carbonyl (C=O) groups is 1. The number of nitrogens with one attached hydrogen (secondary N) is 1. The van der Waals surface area contributed by atoms with E-state index >= 15 is 0 Å². The highest BCUT2D eigenvalue weighted by molar-refractivity contribution is 5.92. The van der Waals surface area contributed by atoms with Gasteiger partial charge in [-0.25, -0.2) is 4.98 Å². The molecule has 3 aromatic rings. The molecule has 0 spiro atoms. The molecular formula is C23H25N3O2. The van der Waals surface area contributed by atoms with Crippen molar-refractivity contribution in [3.05, 3.63) is 84.2 Å². The van der Waals surface area contributed by atoms with Crippen molar-refractivity contribution in [2.24, 2.45) is 0 Å². The van der Waals surface area contributed by atoms with Crippen LogP contribution in [0.3, 0.4) is 0 Å². The fraction of sp³-hybridized carbons (Fsp3) is 0.217. The zero-order valence-corrected chi connectivity index (χ0v) is 16.3. The second-order valence-electron chi connectivity index (χ2n) is 6.34. The number of nitrogens with zero attached hydrogens (tertiary/aromatic N) is 2. The molecule has 0 unspecified atom stereocenters. The van der Waals surface area contributed by atoms with E-state index in [1.807, 2.05) is 48.5 Å².